The molecule has 1 aromatic carbocycles. The Morgan fingerprint density at radius 2 is 1.89 bits per heavy atom. The van der Waals surface area contributed by atoms with E-state index >= 15 is 0 Å². The van der Waals surface area contributed by atoms with Gasteiger partial charge in [-0.05, 0) is 44.8 Å². The van der Waals surface area contributed by atoms with Crippen molar-refractivity contribution in [2.24, 2.45) is 0 Å². The van der Waals surface area contributed by atoms with E-state index in [-0.39, 0.29) is 5.75 Å². The lowest BCUT2D eigenvalue weighted by Gasteiger charge is -2.10. The minimum Gasteiger partial charge on any atom is -0.309 e. The summed E-state index contributed by atoms with van der Waals surface area (Å²) in [7, 11) is 0.565. The van der Waals surface area contributed by atoms with Gasteiger partial charge in [0, 0.05) is 6.54 Å². The van der Waals surface area contributed by atoms with Gasteiger partial charge < -0.3 is 4.90 Å². The summed E-state index contributed by atoms with van der Waals surface area (Å²) in [4.78, 5) is 2.01. The van der Waals surface area contributed by atoms with Gasteiger partial charge in [-0.1, -0.05) is 29.3 Å². The molecule has 0 amide bonds. The van der Waals surface area contributed by atoms with Gasteiger partial charge in [0.1, 0.15) is 0 Å². The fraction of sp³-hybridized carbons (Fsp3) is 0.500. The van der Waals surface area contributed by atoms with E-state index in [2.05, 4.69) is 4.72 Å². The second-order valence-corrected chi connectivity index (χ2v) is 7.18. The number of nitrogens with one attached hydrogen (secondary N) is 1. The van der Waals surface area contributed by atoms with Gasteiger partial charge >= 0.3 is 0 Å². The van der Waals surface area contributed by atoms with Crippen LogP contribution >= 0.6 is 23.2 Å². The van der Waals surface area contributed by atoms with Crippen LogP contribution in [0.15, 0.2) is 18.2 Å². The number of sulfonamides is 1. The van der Waals surface area contributed by atoms with E-state index in [1.807, 2.05) is 19.0 Å². The highest BCUT2D eigenvalue weighted by Crippen LogP contribution is 2.23. The van der Waals surface area contributed by atoms with Crippen LogP contribution in [0, 0.1) is 0 Å². The normalized spacial score (nSPS) is 12.1. The third kappa shape index (κ3) is 6.58. The number of hydrogen-bond donors (Lipinski definition) is 1. The summed E-state index contributed by atoms with van der Waals surface area (Å²) < 4.78 is 26.2. The Morgan fingerprint density at radius 1 is 1.21 bits per heavy atom. The lowest BCUT2D eigenvalue weighted by atomic mass is 10.2. The predicted molar refractivity (Wildman–Crippen MR) is 80.3 cm³/mol. The first-order chi connectivity index (χ1) is 8.80. The molecule has 0 unspecified atom stereocenters. The van der Waals surface area contributed by atoms with E-state index in [9.17, 15) is 8.42 Å². The molecule has 0 aromatic heterocycles. The van der Waals surface area contributed by atoms with Gasteiger partial charge in [-0.15, -0.1) is 0 Å². The molecular formula is C12H18Cl2N2O2S. The Balaban J connectivity index is 2.52. The monoisotopic (exact) mass is 324 g/mol. The van der Waals surface area contributed by atoms with E-state index < -0.39 is 10.0 Å². The third-order valence-corrected chi connectivity index (χ3v) is 4.54. The fourth-order valence-electron chi connectivity index (χ4n) is 1.52. The average molecular weight is 325 g/mol. The number of benzene rings is 1. The molecule has 108 valence electrons. The summed E-state index contributed by atoms with van der Waals surface area (Å²) >= 11 is 11.6. The van der Waals surface area contributed by atoms with Crippen LogP contribution < -0.4 is 4.72 Å². The Morgan fingerprint density at radius 3 is 2.47 bits per heavy atom. The largest absolute Gasteiger partial charge is 0.309 e. The van der Waals surface area contributed by atoms with E-state index in [0.717, 1.165) is 13.0 Å². The van der Waals surface area contributed by atoms with Gasteiger partial charge in [-0.25, -0.2) is 13.1 Å². The van der Waals surface area contributed by atoms with Crippen molar-refractivity contribution in [3.05, 3.63) is 33.8 Å². The fourth-order valence-corrected chi connectivity index (χ4v) is 3.02. The topological polar surface area (TPSA) is 49.4 Å². The van der Waals surface area contributed by atoms with Crippen LogP contribution in [0.2, 0.25) is 10.0 Å². The van der Waals surface area contributed by atoms with Gasteiger partial charge in [-0.3, -0.25) is 0 Å². The highest BCUT2D eigenvalue weighted by atomic mass is 35.5. The molecule has 0 aliphatic rings. The molecule has 0 saturated carbocycles. The smallest absolute Gasteiger partial charge is 0.215 e. The molecule has 0 bridgehead atoms. The second kappa shape index (κ2) is 7.45. The molecule has 0 saturated heterocycles. The lowest BCUT2D eigenvalue weighted by molar-refractivity contribution is 0.400. The maximum absolute atomic E-state index is 11.8. The maximum Gasteiger partial charge on any atom is 0.215 e. The average Bonchev–Trinajstić information content (AvgIpc) is 2.29. The SMILES string of the molecule is CN(C)CCCNS(=O)(=O)Cc1ccc(Cl)c(Cl)c1. The Hall–Kier alpha value is -0.330. The molecule has 4 nitrogen and oxygen atoms in total. The van der Waals surface area contributed by atoms with Gasteiger partial charge in [0.2, 0.25) is 10.0 Å². The maximum atomic E-state index is 11.8. The quantitative estimate of drug-likeness (QED) is 0.783. The van der Waals surface area contributed by atoms with Gasteiger partial charge in [0.15, 0.2) is 0 Å². The van der Waals surface area contributed by atoms with Gasteiger partial charge in [0.25, 0.3) is 0 Å². The molecule has 1 rings (SSSR count). The molecular weight excluding hydrogens is 307 g/mol. The molecule has 0 aliphatic heterocycles. The summed E-state index contributed by atoms with van der Waals surface area (Å²) in [6.45, 7) is 1.27. The molecule has 1 aromatic rings. The second-order valence-electron chi connectivity index (χ2n) is 4.56. The molecule has 0 heterocycles. The summed E-state index contributed by atoms with van der Waals surface area (Å²) in [5, 5.41) is 0.781. The van der Waals surface area contributed by atoms with Crippen LogP contribution in [-0.2, 0) is 15.8 Å². The van der Waals surface area contributed by atoms with Crippen LogP contribution in [0.5, 0.6) is 0 Å². The zero-order valence-electron chi connectivity index (χ0n) is 11.0. The van der Waals surface area contributed by atoms with Crippen LogP contribution in [-0.4, -0.2) is 40.5 Å². The van der Waals surface area contributed by atoms with Gasteiger partial charge in [-0.2, -0.15) is 0 Å². The Kier molecular flexibility index (Phi) is 6.56. The molecule has 0 spiro atoms. The number of hydrogen-bond acceptors (Lipinski definition) is 3. The summed E-state index contributed by atoms with van der Waals surface area (Å²) in [6, 6.07) is 4.83. The summed E-state index contributed by atoms with van der Waals surface area (Å²) in [6.07, 6.45) is 0.771. The van der Waals surface area contributed by atoms with E-state index in [4.69, 9.17) is 23.2 Å². The molecule has 0 atom stereocenters. The van der Waals surface area contributed by atoms with Crippen LogP contribution in [0.4, 0.5) is 0 Å². The van der Waals surface area contributed by atoms with E-state index in [0.29, 0.717) is 22.2 Å². The van der Waals surface area contributed by atoms with Crippen LogP contribution in [0.1, 0.15) is 12.0 Å². The zero-order chi connectivity index (χ0) is 14.5. The first kappa shape index (κ1) is 16.7. The molecule has 1 N–H and O–H groups in total. The van der Waals surface area contributed by atoms with Crippen molar-refractivity contribution in [1.29, 1.82) is 0 Å². The molecule has 0 aliphatic carbocycles. The van der Waals surface area contributed by atoms with E-state index in [1.165, 1.54) is 0 Å². The molecule has 0 radical (unpaired) electrons. The number of rotatable bonds is 7. The van der Waals surface area contributed by atoms with Crippen molar-refractivity contribution in [1.82, 2.24) is 9.62 Å². The van der Waals surface area contributed by atoms with Crippen molar-refractivity contribution < 1.29 is 8.42 Å². The standard InChI is InChI=1S/C12H18Cl2N2O2S/c1-16(2)7-3-6-15-19(17,18)9-10-4-5-11(13)12(14)8-10/h4-5,8,15H,3,6-7,9H2,1-2H3. The molecule has 7 heteroatoms. The van der Waals surface area contributed by atoms with Crippen molar-refractivity contribution >= 4 is 33.2 Å². The van der Waals surface area contributed by atoms with Gasteiger partial charge in [0.05, 0.1) is 15.8 Å². The first-order valence-corrected chi connectivity index (χ1v) is 8.27. The highest BCUT2D eigenvalue weighted by molar-refractivity contribution is 7.88. The predicted octanol–water partition coefficient (Wildman–Crippen LogP) is 2.36. The lowest BCUT2D eigenvalue weighted by Crippen LogP contribution is -2.28. The minimum absolute atomic E-state index is 0.0914. The minimum atomic E-state index is -3.33. The zero-order valence-corrected chi connectivity index (χ0v) is 13.3. The molecule has 19 heavy (non-hydrogen) atoms. The van der Waals surface area contributed by atoms with Crippen molar-refractivity contribution in [3.8, 4) is 0 Å². The first-order valence-electron chi connectivity index (χ1n) is 5.86. The van der Waals surface area contributed by atoms with Crippen molar-refractivity contribution in [2.45, 2.75) is 12.2 Å². The molecule has 0 fully saturated rings. The van der Waals surface area contributed by atoms with Crippen molar-refractivity contribution in [3.63, 3.8) is 0 Å². The summed E-state index contributed by atoms with van der Waals surface area (Å²) in [5.41, 5.74) is 0.620. The van der Waals surface area contributed by atoms with Crippen molar-refractivity contribution in [2.75, 3.05) is 27.2 Å². The van der Waals surface area contributed by atoms with Crippen LogP contribution in [0.3, 0.4) is 0 Å². The Labute approximate surface area is 124 Å². The van der Waals surface area contributed by atoms with E-state index in [1.54, 1.807) is 18.2 Å². The van der Waals surface area contributed by atoms with Crippen LogP contribution in [0.25, 0.3) is 0 Å². The Bertz CT molecular complexity index is 518. The highest BCUT2D eigenvalue weighted by Gasteiger charge is 2.11. The number of nitrogens with zero attached hydrogens (tertiary/aromatic N) is 1. The third-order valence-electron chi connectivity index (χ3n) is 2.44. The number of halogens is 2. The summed E-state index contributed by atoms with van der Waals surface area (Å²) in [5.74, 6) is -0.0914.